The van der Waals surface area contributed by atoms with Crippen LogP contribution in [0.2, 0.25) is 0 Å². The monoisotopic (exact) mass is 320 g/mol. The number of para-hydroxylation sites is 1. The molecule has 24 heavy (non-hydrogen) atoms. The predicted molar refractivity (Wildman–Crippen MR) is 90.3 cm³/mol. The number of fused-ring (bicyclic) bond motifs is 2. The minimum Gasteiger partial charge on any atom is -0.479 e. The second-order valence-electron chi connectivity index (χ2n) is 6.72. The number of ketones is 1. The smallest absolute Gasteiger partial charge is 0.274 e. The Morgan fingerprint density at radius 1 is 1.17 bits per heavy atom. The van der Waals surface area contributed by atoms with Crippen LogP contribution in [-0.2, 0) is 18.3 Å². The van der Waals surface area contributed by atoms with E-state index < -0.39 is 5.60 Å². The molecule has 1 aliphatic heterocycles. The number of nitrogens with one attached hydrogen (secondary N) is 1. The van der Waals surface area contributed by atoms with Gasteiger partial charge in [-0.2, -0.15) is 0 Å². The second kappa shape index (κ2) is 4.38. The molecule has 5 rings (SSSR count). The molecule has 0 unspecified atom stereocenters. The minimum atomic E-state index is -0.596. The Labute approximate surface area is 137 Å². The van der Waals surface area contributed by atoms with Crippen molar-refractivity contribution in [2.75, 3.05) is 0 Å². The first-order chi connectivity index (χ1) is 11.6. The number of hydrogen-bond acceptors (Lipinski definition) is 3. The molecule has 0 atom stereocenters. The van der Waals surface area contributed by atoms with E-state index in [4.69, 9.17) is 4.74 Å². The normalized spacial score (nSPS) is 17.8. The molecule has 2 aliphatic rings. The molecule has 5 nitrogen and oxygen atoms in total. The highest BCUT2D eigenvalue weighted by atomic mass is 16.5. The Hall–Kier alpha value is -2.82. The molecule has 1 spiro atoms. The number of carbonyl (C=O) groups excluding carboxylic acids is 1. The molecule has 0 bridgehead atoms. The summed E-state index contributed by atoms with van der Waals surface area (Å²) in [6.45, 7) is 0. The number of benzene rings is 1. The summed E-state index contributed by atoms with van der Waals surface area (Å²) in [4.78, 5) is 27.6. The van der Waals surface area contributed by atoms with Crippen LogP contribution in [0.15, 0.2) is 41.5 Å². The van der Waals surface area contributed by atoms with Gasteiger partial charge in [-0.3, -0.25) is 9.59 Å². The Kier molecular flexibility index (Phi) is 2.48. The zero-order valence-electron chi connectivity index (χ0n) is 13.3. The van der Waals surface area contributed by atoms with Crippen LogP contribution in [-0.4, -0.2) is 20.9 Å². The molecule has 1 N–H and O–H groups in total. The number of nitrogens with zero attached hydrogens (tertiary/aromatic N) is 1. The molecule has 1 aromatic carbocycles. The number of carbonyl (C=O) groups is 1. The van der Waals surface area contributed by atoms with Gasteiger partial charge in [-0.25, -0.2) is 0 Å². The molecule has 1 fully saturated rings. The van der Waals surface area contributed by atoms with E-state index in [2.05, 4.69) is 4.98 Å². The highest BCUT2D eigenvalue weighted by Crippen LogP contribution is 2.49. The maximum absolute atomic E-state index is 12.3. The molecule has 5 heteroatoms. The molecule has 0 radical (unpaired) electrons. The summed E-state index contributed by atoms with van der Waals surface area (Å²) in [6, 6.07) is 7.80. The van der Waals surface area contributed by atoms with Gasteiger partial charge in [-0.05, 0) is 18.9 Å². The van der Waals surface area contributed by atoms with E-state index >= 15 is 0 Å². The van der Waals surface area contributed by atoms with E-state index in [1.54, 1.807) is 17.8 Å². The predicted octanol–water partition coefficient (Wildman–Crippen LogP) is 2.57. The summed E-state index contributed by atoms with van der Waals surface area (Å²) < 4.78 is 7.75. The number of ether oxygens (including phenoxy) is 1. The van der Waals surface area contributed by atoms with Gasteiger partial charge in [0.05, 0.1) is 0 Å². The lowest BCUT2D eigenvalue weighted by atomic mass is 9.93. The van der Waals surface area contributed by atoms with E-state index in [1.165, 1.54) is 0 Å². The van der Waals surface area contributed by atoms with Crippen LogP contribution in [0.3, 0.4) is 0 Å². The number of Topliss-reactive ketones (excluding diaryl/α,β-unsaturated/α-hetero) is 1. The maximum Gasteiger partial charge on any atom is 0.274 e. The van der Waals surface area contributed by atoms with Gasteiger partial charge in [0, 0.05) is 47.9 Å². The number of aromatic amines is 1. The maximum atomic E-state index is 12.3. The van der Waals surface area contributed by atoms with Gasteiger partial charge < -0.3 is 14.3 Å². The van der Waals surface area contributed by atoms with Crippen molar-refractivity contribution >= 4 is 16.7 Å². The van der Waals surface area contributed by atoms with Crippen molar-refractivity contribution in [3.05, 3.63) is 52.6 Å². The fourth-order valence-electron chi connectivity index (χ4n) is 3.62. The van der Waals surface area contributed by atoms with E-state index in [0.717, 1.165) is 40.7 Å². The summed E-state index contributed by atoms with van der Waals surface area (Å²) in [5.74, 6) is 0.968. The van der Waals surface area contributed by atoms with Crippen LogP contribution in [0.4, 0.5) is 0 Å². The van der Waals surface area contributed by atoms with E-state index in [0.29, 0.717) is 11.9 Å². The number of rotatable bonds is 1. The Morgan fingerprint density at radius 2 is 2.00 bits per heavy atom. The average Bonchev–Trinajstić information content (AvgIpc) is 3.17. The molecule has 3 aromatic rings. The lowest BCUT2D eigenvalue weighted by Crippen LogP contribution is -2.35. The van der Waals surface area contributed by atoms with Gasteiger partial charge >= 0.3 is 0 Å². The molecular formula is C19H16N2O3. The molecule has 120 valence electrons. The molecule has 1 aliphatic carbocycles. The quantitative estimate of drug-likeness (QED) is 0.749. The van der Waals surface area contributed by atoms with Crippen molar-refractivity contribution in [1.82, 2.24) is 9.55 Å². The van der Waals surface area contributed by atoms with E-state index in [9.17, 15) is 9.59 Å². The van der Waals surface area contributed by atoms with Crippen LogP contribution in [0.25, 0.3) is 22.0 Å². The van der Waals surface area contributed by atoms with Crippen molar-refractivity contribution in [3.8, 4) is 16.9 Å². The third-order valence-corrected chi connectivity index (χ3v) is 5.14. The SMILES string of the molecule is Cn1cc(-c2cccc3c2OC2(CC2)C(=O)C3)c2cc[nH]c2c1=O. The third-order valence-electron chi connectivity index (χ3n) is 5.14. The lowest BCUT2D eigenvalue weighted by molar-refractivity contribution is -0.128. The molecule has 0 saturated heterocycles. The van der Waals surface area contributed by atoms with Gasteiger partial charge in [0.15, 0.2) is 11.4 Å². The number of hydrogen-bond donors (Lipinski definition) is 1. The summed E-state index contributed by atoms with van der Waals surface area (Å²) >= 11 is 0. The number of aromatic nitrogens is 2. The third kappa shape index (κ3) is 1.69. The Balaban J connectivity index is 1.79. The zero-order chi connectivity index (χ0) is 16.5. The molecule has 2 aromatic heterocycles. The highest BCUT2D eigenvalue weighted by Gasteiger charge is 2.54. The highest BCUT2D eigenvalue weighted by molar-refractivity contribution is 5.99. The van der Waals surface area contributed by atoms with Gasteiger partial charge in [0.2, 0.25) is 0 Å². The fourth-order valence-corrected chi connectivity index (χ4v) is 3.62. The topological polar surface area (TPSA) is 64.1 Å². The van der Waals surface area contributed by atoms with Crippen molar-refractivity contribution in [1.29, 1.82) is 0 Å². The summed E-state index contributed by atoms with van der Waals surface area (Å²) in [6.07, 6.45) is 5.63. The second-order valence-corrected chi connectivity index (χ2v) is 6.72. The van der Waals surface area contributed by atoms with E-state index in [-0.39, 0.29) is 11.3 Å². The van der Waals surface area contributed by atoms with E-state index in [1.807, 2.05) is 30.5 Å². The first kappa shape index (κ1) is 13.6. The zero-order valence-corrected chi connectivity index (χ0v) is 13.3. The summed E-state index contributed by atoms with van der Waals surface area (Å²) in [5.41, 5.74) is 2.73. The number of H-pyrrole nitrogens is 1. The van der Waals surface area contributed by atoms with Crippen molar-refractivity contribution < 1.29 is 9.53 Å². The molecular weight excluding hydrogens is 304 g/mol. The van der Waals surface area contributed by atoms with Crippen molar-refractivity contribution in [2.24, 2.45) is 7.05 Å². The van der Waals surface area contributed by atoms with Gasteiger partial charge in [0.1, 0.15) is 11.3 Å². The average molecular weight is 320 g/mol. The largest absolute Gasteiger partial charge is 0.479 e. The summed E-state index contributed by atoms with van der Waals surface area (Å²) in [5, 5.41) is 0.872. The van der Waals surface area contributed by atoms with Gasteiger partial charge in [0.25, 0.3) is 5.56 Å². The fraction of sp³-hybridized carbons (Fsp3) is 0.263. The van der Waals surface area contributed by atoms with Gasteiger partial charge in [-0.1, -0.05) is 18.2 Å². The lowest BCUT2D eigenvalue weighted by Gasteiger charge is -2.27. The number of aryl methyl sites for hydroxylation is 1. The molecule has 3 heterocycles. The van der Waals surface area contributed by atoms with Crippen LogP contribution in [0.1, 0.15) is 18.4 Å². The standard InChI is InChI=1S/C19H16N2O3/c1-21-10-14(12-5-8-20-16(12)18(21)23)13-4-2-3-11-9-15(22)19(6-7-19)24-17(11)13/h2-5,8,10,20H,6-7,9H2,1H3. The molecule has 0 amide bonds. The van der Waals surface area contributed by atoms with Gasteiger partial charge in [-0.15, -0.1) is 0 Å². The Morgan fingerprint density at radius 3 is 2.79 bits per heavy atom. The van der Waals surface area contributed by atoms with Crippen LogP contribution < -0.4 is 10.3 Å². The van der Waals surface area contributed by atoms with Crippen molar-refractivity contribution in [3.63, 3.8) is 0 Å². The number of pyridine rings is 1. The van der Waals surface area contributed by atoms with Crippen LogP contribution >= 0.6 is 0 Å². The molecule has 1 saturated carbocycles. The van der Waals surface area contributed by atoms with Crippen molar-refractivity contribution in [2.45, 2.75) is 24.9 Å². The Bertz CT molecular complexity index is 1070. The first-order valence-corrected chi connectivity index (χ1v) is 8.10. The van der Waals surface area contributed by atoms with Crippen LogP contribution in [0, 0.1) is 0 Å². The van der Waals surface area contributed by atoms with Crippen LogP contribution in [0.5, 0.6) is 5.75 Å². The summed E-state index contributed by atoms with van der Waals surface area (Å²) in [7, 11) is 1.74. The minimum absolute atomic E-state index is 0.0571. The first-order valence-electron chi connectivity index (χ1n) is 8.10.